The van der Waals surface area contributed by atoms with E-state index in [-0.39, 0.29) is 11.1 Å². The van der Waals surface area contributed by atoms with Crippen LogP contribution in [0.4, 0.5) is 4.39 Å². The van der Waals surface area contributed by atoms with Crippen LogP contribution < -0.4 is 0 Å². The van der Waals surface area contributed by atoms with Crippen LogP contribution in [-0.4, -0.2) is 20.2 Å². The molecule has 1 atom stereocenters. The first-order valence-corrected chi connectivity index (χ1v) is 9.83. The molecule has 8 heteroatoms. The summed E-state index contributed by atoms with van der Waals surface area (Å²) in [6, 6.07) is 8.13. The van der Waals surface area contributed by atoms with Gasteiger partial charge in [-0.05, 0) is 43.7 Å². The molecule has 26 heavy (non-hydrogen) atoms. The molecule has 0 aliphatic rings. The summed E-state index contributed by atoms with van der Waals surface area (Å²) in [5, 5.41) is 10.1. The number of nitrogens with zero attached hydrogens (tertiary/aromatic N) is 4. The second-order valence-electron chi connectivity index (χ2n) is 5.68. The van der Waals surface area contributed by atoms with Crippen LogP contribution in [0.1, 0.15) is 29.9 Å². The van der Waals surface area contributed by atoms with Crippen LogP contribution in [0.5, 0.6) is 0 Å². The van der Waals surface area contributed by atoms with E-state index in [1.54, 1.807) is 41.6 Å². The maximum absolute atomic E-state index is 13.1. The molecule has 0 spiro atoms. The minimum atomic E-state index is -0.299. The van der Waals surface area contributed by atoms with Crippen LogP contribution in [0.2, 0.25) is 0 Å². The summed E-state index contributed by atoms with van der Waals surface area (Å²) in [4.78, 5) is 11.0. The van der Waals surface area contributed by atoms with Crippen LogP contribution in [0.15, 0.2) is 46.1 Å². The Balaban J connectivity index is 1.58. The van der Waals surface area contributed by atoms with Gasteiger partial charge in [0, 0.05) is 15.8 Å². The second kappa shape index (κ2) is 7.13. The maximum atomic E-state index is 13.1. The molecule has 0 radical (unpaired) electrons. The number of aryl methyl sites for hydroxylation is 1. The van der Waals surface area contributed by atoms with E-state index < -0.39 is 0 Å². The average Bonchev–Trinajstić information content (AvgIpc) is 3.30. The van der Waals surface area contributed by atoms with Gasteiger partial charge >= 0.3 is 0 Å². The van der Waals surface area contributed by atoms with Crippen LogP contribution in [0.25, 0.3) is 21.7 Å². The van der Waals surface area contributed by atoms with Gasteiger partial charge in [0.2, 0.25) is 11.8 Å². The van der Waals surface area contributed by atoms with Crippen LogP contribution in [0.3, 0.4) is 0 Å². The minimum Gasteiger partial charge on any atom is -0.419 e. The van der Waals surface area contributed by atoms with E-state index in [1.165, 1.54) is 17.0 Å². The van der Waals surface area contributed by atoms with Gasteiger partial charge < -0.3 is 4.42 Å². The predicted octanol–water partition coefficient (Wildman–Crippen LogP) is 5.30. The van der Waals surface area contributed by atoms with Crippen molar-refractivity contribution in [2.75, 3.05) is 0 Å². The Hall–Kier alpha value is -2.32. The van der Waals surface area contributed by atoms with Crippen LogP contribution in [0, 0.1) is 5.82 Å². The molecule has 0 unspecified atom stereocenters. The molecule has 132 valence electrons. The largest absolute Gasteiger partial charge is 0.419 e. The van der Waals surface area contributed by atoms with E-state index >= 15 is 0 Å². The molecule has 0 saturated heterocycles. The number of thiophene rings is 1. The number of hydrogen-bond donors (Lipinski definition) is 0. The molecule has 4 aromatic rings. The van der Waals surface area contributed by atoms with Crippen LogP contribution >= 0.6 is 23.1 Å². The molecule has 4 rings (SSSR count). The Bertz CT molecular complexity index is 1040. The summed E-state index contributed by atoms with van der Waals surface area (Å²) < 4.78 is 18.8. The quantitative estimate of drug-likeness (QED) is 0.343. The van der Waals surface area contributed by atoms with Crippen LogP contribution in [-0.2, 0) is 6.42 Å². The third kappa shape index (κ3) is 3.34. The van der Waals surface area contributed by atoms with Gasteiger partial charge in [-0.3, -0.25) is 0 Å². The topological polar surface area (TPSA) is 64.7 Å². The fraction of sp³-hybridized carbons (Fsp3) is 0.222. The lowest BCUT2D eigenvalue weighted by Gasteiger charge is -2.06. The molecule has 0 amide bonds. The minimum absolute atomic E-state index is 0.0697. The molecule has 0 fully saturated rings. The van der Waals surface area contributed by atoms with Gasteiger partial charge in [0.05, 0.1) is 5.25 Å². The SMILES string of the molecule is CCc1cc2c(S[C@@H](C)c3nnc(-c4ccc(F)cc4)o3)ncnc2s1. The highest BCUT2D eigenvalue weighted by molar-refractivity contribution is 7.99. The van der Waals surface area contributed by atoms with Gasteiger partial charge in [0.1, 0.15) is 22.0 Å². The Morgan fingerprint density at radius 1 is 1.19 bits per heavy atom. The number of halogens is 1. The number of rotatable bonds is 5. The maximum Gasteiger partial charge on any atom is 0.247 e. The van der Waals surface area contributed by atoms with E-state index in [2.05, 4.69) is 33.2 Å². The standard InChI is InChI=1S/C18H15FN4OS2/c1-3-13-8-14-17(20-9-21-18(14)26-13)25-10(2)15-22-23-16(24-15)11-4-6-12(19)7-5-11/h4-10H,3H2,1-2H3/t10-/m0/s1. The molecule has 5 nitrogen and oxygen atoms in total. The summed E-state index contributed by atoms with van der Waals surface area (Å²) in [6.45, 7) is 4.12. The highest BCUT2D eigenvalue weighted by Crippen LogP contribution is 2.38. The van der Waals surface area contributed by atoms with Gasteiger partial charge in [0.15, 0.2) is 0 Å². The molecule has 3 aromatic heterocycles. The van der Waals surface area contributed by atoms with Crippen molar-refractivity contribution in [2.45, 2.75) is 30.5 Å². The van der Waals surface area contributed by atoms with E-state index in [9.17, 15) is 4.39 Å². The zero-order valence-corrected chi connectivity index (χ0v) is 15.8. The van der Waals surface area contributed by atoms with Crippen molar-refractivity contribution in [3.8, 4) is 11.5 Å². The van der Waals surface area contributed by atoms with Crippen molar-refractivity contribution in [1.29, 1.82) is 0 Å². The first kappa shape index (κ1) is 17.1. The highest BCUT2D eigenvalue weighted by Gasteiger charge is 2.19. The second-order valence-corrected chi connectivity index (χ2v) is 8.12. The molecule has 0 aliphatic carbocycles. The zero-order chi connectivity index (χ0) is 18.1. The highest BCUT2D eigenvalue weighted by atomic mass is 32.2. The first-order valence-electron chi connectivity index (χ1n) is 8.13. The number of thioether (sulfide) groups is 1. The third-order valence-corrected chi connectivity index (χ3v) is 6.15. The van der Waals surface area contributed by atoms with Crippen molar-refractivity contribution in [3.63, 3.8) is 0 Å². The molecule has 1 aromatic carbocycles. The first-order chi connectivity index (χ1) is 12.6. The molecular formula is C18H15FN4OS2. The normalized spacial score (nSPS) is 12.6. The predicted molar refractivity (Wildman–Crippen MR) is 101 cm³/mol. The molecule has 0 saturated carbocycles. The van der Waals surface area contributed by atoms with Crippen molar-refractivity contribution in [2.24, 2.45) is 0 Å². The molecule has 0 aliphatic heterocycles. The summed E-state index contributed by atoms with van der Waals surface area (Å²) in [5.74, 6) is 0.587. The van der Waals surface area contributed by atoms with Gasteiger partial charge in [-0.1, -0.05) is 18.7 Å². The number of fused-ring (bicyclic) bond motifs is 1. The van der Waals surface area contributed by atoms with Crippen molar-refractivity contribution < 1.29 is 8.81 Å². The molecule has 3 heterocycles. The van der Waals surface area contributed by atoms with Crippen molar-refractivity contribution in [3.05, 3.63) is 53.2 Å². The van der Waals surface area contributed by atoms with Gasteiger partial charge in [-0.2, -0.15) is 0 Å². The number of benzene rings is 1. The lowest BCUT2D eigenvalue weighted by molar-refractivity contribution is 0.509. The number of hydrogen-bond acceptors (Lipinski definition) is 7. The Morgan fingerprint density at radius 2 is 2.00 bits per heavy atom. The number of aromatic nitrogens is 4. The smallest absolute Gasteiger partial charge is 0.247 e. The van der Waals surface area contributed by atoms with E-state index in [4.69, 9.17) is 4.42 Å². The molecular weight excluding hydrogens is 371 g/mol. The Morgan fingerprint density at radius 3 is 2.77 bits per heavy atom. The Kier molecular flexibility index (Phi) is 4.69. The fourth-order valence-electron chi connectivity index (χ4n) is 2.48. The zero-order valence-electron chi connectivity index (χ0n) is 14.1. The lowest BCUT2D eigenvalue weighted by atomic mass is 10.2. The fourth-order valence-corrected chi connectivity index (χ4v) is 4.40. The lowest BCUT2D eigenvalue weighted by Crippen LogP contribution is -1.91. The summed E-state index contributed by atoms with van der Waals surface area (Å²) in [6.07, 6.45) is 2.57. The summed E-state index contributed by atoms with van der Waals surface area (Å²) in [5.41, 5.74) is 0.692. The Labute approximate surface area is 157 Å². The average molecular weight is 386 g/mol. The third-order valence-electron chi connectivity index (χ3n) is 3.86. The summed E-state index contributed by atoms with van der Waals surface area (Å²) >= 11 is 3.25. The van der Waals surface area contributed by atoms with E-state index in [0.717, 1.165) is 21.7 Å². The van der Waals surface area contributed by atoms with E-state index in [1.807, 2.05) is 6.92 Å². The van der Waals surface area contributed by atoms with Gasteiger partial charge in [-0.25, -0.2) is 14.4 Å². The molecule has 0 bridgehead atoms. The van der Waals surface area contributed by atoms with Gasteiger partial charge in [-0.15, -0.1) is 21.5 Å². The molecule has 0 N–H and O–H groups in total. The van der Waals surface area contributed by atoms with Crippen molar-refractivity contribution >= 4 is 33.3 Å². The summed E-state index contributed by atoms with van der Waals surface area (Å²) in [7, 11) is 0. The van der Waals surface area contributed by atoms with Gasteiger partial charge in [0.25, 0.3) is 0 Å². The van der Waals surface area contributed by atoms with E-state index in [0.29, 0.717) is 17.3 Å². The monoisotopic (exact) mass is 386 g/mol. The van der Waals surface area contributed by atoms with Crippen molar-refractivity contribution in [1.82, 2.24) is 20.2 Å².